The number of carbonyl (C=O) groups excluding carboxylic acids is 1. The molecule has 2 aromatic carbocycles. The summed E-state index contributed by atoms with van der Waals surface area (Å²) >= 11 is 0. The number of amides is 1. The number of nitrogens with zero attached hydrogens (tertiary/aromatic N) is 3. The van der Waals surface area contributed by atoms with Crippen molar-refractivity contribution >= 4 is 11.5 Å². The van der Waals surface area contributed by atoms with E-state index in [0.29, 0.717) is 12.1 Å². The Morgan fingerprint density at radius 1 is 1.03 bits per heavy atom. The zero-order valence-electron chi connectivity index (χ0n) is 19.6. The Morgan fingerprint density at radius 2 is 1.69 bits per heavy atom. The molecule has 166 valence electrons. The van der Waals surface area contributed by atoms with Crippen LogP contribution >= 0.6 is 0 Å². The number of carbonyl (C=O) groups is 1. The van der Waals surface area contributed by atoms with Gasteiger partial charge in [0, 0.05) is 13.6 Å². The second-order valence-electron chi connectivity index (χ2n) is 7.88. The number of aromatic nitrogens is 2. The summed E-state index contributed by atoms with van der Waals surface area (Å²) in [5.41, 5.74) is 5.48. The molecule has 0 N–H and O–H groups in total. The van der Waals surface area contributed by atoms with Crippen molar-refractivity contribution in [3.05, 3.63) is 101 Å². The normalized spacial score (nSPS) is 11.8. The highest BCUT2D eigenvalue weighted by Crippen LogP contribution is 2.28. The van der Waals surface area contributed by atoms with Gasteiger partial charge in [-0.3, -0.25) is 4.79 Å². The van der Waals surface area contributed by atoms with Crippen molar-refractivity contribution in [2.45, 2.75) is 46.6 Å². The molecule has 0 saturated heterocycles. The Morgan fingerprint density at radius 3 is 2.28 bits per heavy atom. The van der Waals surface area contributed by atoms with Crippen molar-refractivity contribution < 1.29 is 4.79 Å². The zero-order chi connectivity index (χ0) is 22.9. The Hall–Kier alpha value is -3.40. The van der Waals surface area contributed by atoms with Crippen LogP contribution in [0.5, 0.6) is 0 Å². The minimum absolute atomic E-state index is 0.000917. The van der Waals surface area contributed by atoms with Gasteiger partial charge in [0.25, 0.3) is 5.91 Å². The number of para-hydroxylation sites is 1. The van der Waals surface area contributed by atoms with E-state index in [1.807, 2.05) is 91.5 Å². The molecule has 0 fully saturated rings. The summed E-state index contributed by atoms with van der Waals surface area (Å²) < 4.78 is 1.95. The summed E-state index contributed by atoms with van der Waals surface area (Å²) in [6, 6.07) is 20.2. The molecular formula is C28H33N3O. The van der Waals surface area contributed by atoms with Gasteiger partial charge in [0.15, 0.2) is 0 Å². The van der Waals surface area contributed by atoms with Crippen LogP contribution in [0.15, 0.2) is 78.9 Å². The molecule has 0 radical (unpaired) electrons. The van der Waals surface area contributed by atoms with Crippen LogP contribution in [-0.2, 0) is 13.0 Å². The first-order valence-electron chi connectivity index (χ1n) is 11.4. The Kier molecular flexibility index (Phi) is 8.20. The lowest BCUT2D eigenvalue weighted by Gasteiger charge is -2.19. The Labute approximate surface area is 191 Å². The third-order valence-corrected chi connectivity index (χ3v) is 5.34. The molecule has 4 heteroatoms. The minimum Gasteiger partial charge on any atom is -0.337 e. The first-order valence-corrected chi connectivity index (χ1v) is 11.4. The van der Waals surface area contributed by atoms with Crippen molar-refractivity contribution in [1.82, 2.24) is 14.7 Å². The van der Waals surface area contributed by atoms with E-state index in [2.05, 4.69) is 19.9 Å². The summed E-state index contributed by atoms with van der Waals surface area (Å²) in [6.45, 7) is 6.79. The van der Waals surface area contributed by atoms with Crippen LogP contribution in [0.25, 0.3) is 11.3 Å². The largest absolute Gasteiger partial charge is 0.337 e. The smallest absolute Gasteiger partial charge is 0.258 e. The lowest BCUT2D eigenvalue weighted by atomic mass is 10.0. The molecule has 1 amide bonds. The topological polar surface area (TPSA) is 38.1 Å². The monoisotopic (exact) mass is 427 g/mol. The first-order chi connectivity index (χ1) is 15.6. The Bertz CT molecular complexity index is 1080. The fraction of sp³-hybridized carbons (Fsp3) is 0.286. The van der Waals surface area contributed by atoms with E-state index in [1.54, 1.807) is 4.90 Å². The van der Waals surface area contributed by atoms with Gasteiger partial charge >= 0.3 is 0 Å². The number of hydrogen-bond donors (Lipinski definition) is 0. The van der Waals surface area contributed by atoms with Gasteiger partial charge in [-0.1, -0.05) is 87.0 Å². The highest BCUT2D eigenvalue weighted by atomic mass is 16.2. The molecule has 0 aliphatic carbocycles. The van der Waals surface area contributed by atoms with Gasteiger partial charge in [-0.25, -0.2) is 4.68 Å². The number of allylic oxidation sites excluding steroid dienone is 4. The first kappa shape index (κ1) is 23.3. The maximum Gasteiger partial charge on any atom is 0.258 e. The van der Waals surface area contributed by atoms with Gasteiger partial charge in [-0.2, -0.15) is 5.10 Å². The fourth-order valence-corrected chi connectivity index (χ4v) is 3.89. The van der Waals surface area contributed by atoms with Crippen molar-refractivity contribution in [1.29, 1.82) is 0 Å². The van der Waals surface area contributed by atoms with Crippen molar-refractivity contribution in [3.8, 4) is 5.69 Å². The van der Waals surface area contributed by atoms with Gasteiger partial charge < -0.3 is 4.90 Å². The van der Waals surface area contributed by atoms with E-state index in [9.17, 15) is 4.79 Å². The van der Waals surface area contributed by atoms with Crippen LogP contribution in [0.2, 0.25) is 0 Å². The molecule has 4 nitrogen and oxygen atoms in total. The zero-order valence-corrected chi connectivity index (χ0v) is 19.6. The third-order valence-electron chi connectivity index (χ3n) is 5.34. The van der Waals surface area contributed by atoms with Crippen molar-refractivity contribution in [3.63, 3.8) is 0 Å². The molecule has 0 unspecified atom stereocenters. The van der Waals surface area contributed by atoms with Crippen LogP contribution in [0.1, 0.15) is 60.9 Å². The molecule has 32 heavy (non-hydrogen) atoms. The SMILES string of the molecule is C/C=C\C(=C/CC)c1nn(-c2ccccc2)c(CCC)c1C(=O)N(C)Cc1ccccc1. The fourth-order valence-electron chi connectivity index (χ4n) is 3.89. The molecular weight excluding hydrogens is 394 g/mol. The van der Waals surface area contributed by atoms with E-state index >= 15 is 0 Å². The second kappa shape index (κ2) is 11.3. The maximum absolute atomic E-state index is 13.8. The lowest BCUT2D eigenvalue weighted by molar-refractivity contribution is 0.0783. The third kappa shape index (κ3) is 5.25. The molecule has 0 aliphatic rings. The average Bonchev–Trinajstić information content (AvgIpc) is 3.19. The van der Waals surface area contributed by atoms with Crippen LogP contribution in [0.4, 0.5) is 0 Å². The maximum atomic E-state index is 13.8. The number of rotatable bonds is 9. The quantitative estimate of drug-likeness (QED) is 0.367. The molecule has 3 rings (SSSR count). The predicted octanol–water partition coefficient (Wildman–Crippen LogP) is 6.47. The molecule has 1 aromatic heterocycles. The van der Waals surface area contributed by atoms with Crippen LogP contribution in [0.3, 0.4) is 0 Å². The van der Waals surface area contributed by atoms with E-state index in [4.69, 9.17) is 5.10 Å². The van der Waals surface area contributed by atoms with Gasteiger partial charge in [-0.05, 0) is 43.0 Å². The van der Waals surface area contributed by atoms with E-state index < -0.39 is 0 Å². The summed E-state index contributed by atoms with van der Waals surface area (Å²) in [6.07, 6.45) is 8.76. The molecule has 0 aliphatic heterocycles. The second-order valence-corrected chi connectivity index (χ2v) is 7.88. The van der Waals surface area contributed by atoms with Gasteiger partial charge in [0.1, 0.15) is 5.69 Å². The molecule has 0 saturated carbocycles. The van der Waals surface area contributed by atoms with Crippen LogP contribution < -0.4 is 0 Å². The van der Waals surface area contributed by atoms with Gasteiger partial charge in [0.05, 0.1) is 16.9 Å². The summed E-state index contributed by atoms with van der Waals surface area (Å²) in [4.78, 5) is 15.6. The molecule has 0 bridgehead atoms. The van der Waals surface area contributed by atoms with Gasteiger partial charge in [0.2, 0.25) is 0 Å². The van der Waals surface area contributed by atoms with Crippen molar-refractivity contribution in [2.24, 2.45) is 0 Å². The highest BCUT2D eigenvalue weighted by molar-refractivity contribution is 6.00. The van der Waals surface area contributed by atoms with E-state index in [-0.39, 0.29) is 5.91 Å². The molecule has 0 spiro atoms. The lowest BCUT2D eigenvalue weighted by Crippen LogP contribution is -2.27. The van der Waals surface area contributed by atoms with E-state index in [1.165, 1.54) is 0 Å². The van der Waals surface area contributed by atoms with Crippen LogP contribution in [0, 0.1) is 0 Å². The van der Waals surface area contributed by atoms with Crippen molar-refractivity contribution in [2.75, 3.05) is 7.05 Å². The molecule has 3 aromatic rings. The number of hydrogen-bond acceptors (Lipinski definition) is 2. The summed E-state index contributed by atoms with van der Waals surface area (Å²) in [7, 11) is 1.87. The predicted molar refractivity (Wildman–Crippen MR) is 133 cm³/mol. The standard InChI is InChI=1S/C28H33N3O/c1-5-14-23(15-6-2)27-26(28(32)30(4)21-22-17-10-8-11-18-22)25(16-7-3)31(29-27)24-19-12-9-13-20-24/h5,8-15,17-20H,6-7,16,21H2,1-4H3/b14-5-,23-15+. The Balaban J connectivity index is 2.17. The molecule has 0 atom stereocenters. The van der Waals surface area contributed by atoms with E-state index in [0.717, 1.165) is 47.5 Å². The summed E-state index contributed by atoms with van der Waals surface area (Å²) in [5, 5.41) is 5.00. The van der Waals surface area contributed by atoms with Crippen LogP contribution in [-0.4, -0.2) is 27.6 Å². The number of benzene rings is 2. The average molecular weight is 428 g/mol. The highest BCUT2D eigenvalue weighted by Gasteiger charge is 2.27. The summed E-state index contributed by atoms with van der Waals surface area (Å²) in [5.74, 6) is 0.000917. The van der Waals surface area contributed by atoms with Gasteiger partial charge in [-0.15, -0.1) is 0 Å². The molecule has 1 heterocycles. The minimum atomic E-state index is 0.000917.